The van der Waals surface area contributed by atoms with Crippen molar-refractivity contribution in [2.24, 2.45) is 5.41 Å². The number of rotatable bonds is 3. The van der Waals surface area contributed by atoms with Gasteiger partial charge in [0.25, 0.3) is 5.91 Å². The number of aliphatic hydroxyl groups is 1. The summed E-state index contributed by atoms with van der Waals surface area (Å²) in [4.78, 5) is 11.9. The van der Waals surface area contributed by atoms with E-state index in [1.54, 1.807) is 6.07 Å². The Hall–Kier alpha value is -1.49. The average Bonchev–Trinajstić information content (AvgIpc) is 2.41. The number of amides is 1. The quantitative estimate of drug-likeness (QED) is 0.842. The third-order valence-corrected chi connectivity index (χ3v) is 3.78. The first-order chi connectivity index (χ1) is 8.62. The van der Waals surface area contributed by atoms with Crippen LogP contribution in [0, 0.1) is 5.41 Å². The Morgan fingerprint density at radius 1 is 1.56 bits per heavy atom. The molecule has 2 rings (SSSR count). The van der Waals surface area contributed by atoms with Crippen LogP contribution in [0.25, 0.3) is 0 Å². The highest BCUT2D eigenvalue weighted by Gasteiger charge is 2.35. The van der Waals surface area contributed by atoms with Gasteiger partial charge in [0.05, 0.1) is 24.1 Å². The third kappa shape index (κ3) is 2.85. The predicted octanol–water partition coefficient (Wildman–Crippen LogP) is 1.15. The summed E-state index contributed by atoms with van der Waals surface area (Å²) in [6.45, 7) is 2.53. The summed E-state index contributed by atoms with van der Waals surface area (Å²) in [6.07, 6.45) is 6.55. The SMILES string of the molecule is CC1(CNC(=O)c2ccnnc2)CCCCC1O. The molecule has 98 valence electrons. The molecule has 0 saturated heterocycles. The van der Waals surface area contributed by atoms with Crippen LogP contribution in [0.3, 0.4) is 0 Å². The Balaban J connectivity index is 1.93. The maximum Gasteiger partial charge on any atom is 0.252 e. The summed E-state index contributed by atoms with van der Waals surface area (Å²) >= 11 is 0. The monoisotopic (exact) mass is 249 g/mol. The van der Waals surface area contributed by atoms with Gasteiger partial charge in [-0.3, -0.25) is 4.79 Å². The summed E-state index contributed by atoms with van der Waals surface area (Å²) < 4.78 is 0. The first kappa shape index (κ1) is 13.0. The minimum absolute atomic E-state index is 0.163. The molecular weight excluding hydrogens is 230 g/mol. The fourth-order valence-corrected chi connectivity index (χ4v) is 2.40. The molecule has 5 nitrogen and oxygen atoms in total. The fourth-order valence-electron chi connectivity index (χ4n) is 2.40. The molecular formula is C13H19N3O2. The molecule has 2 N–H and O–H groups in total. The van der Waals surface area contributed by atoms with E-state index in [-0.39, 0.29) is 17.4 Å². The molecule has 1 aliphatic carbocycles. The van der Waals surface area contributed by atoms with E-state index in [1.165, 1.54) is 12.4 Å². The van der Waals surface area contributed by atoms with Crippen molar-refractivity contribution in [3.63, 3.8) is 0 Å². The lowest BCUT2D eigenvalue weighted by Gasteiger charge is -2.38. The van der Waals surface area contributed by atoms with Crippen molar-refractivity contribution in [3.8, 4) is 0 Å². The minimum Gasteiger partial charge on any atom is -0.392 e. The predicted molar refractivity (Wildman–Crippen MR) is 66.9 cm³/mol. The van der Waals surface area contributed by atoms with Crippen molar-refractivity contribution >= 4 is 5.91 Å². The average molecular weight is 249 g/mol. The van der Waals surface area contributed by atoms with Crippen molar-refractivity contribution < 1.29 is 9.90 Å². The van der Waals surface area contributed by atoms with Crippen LogP contribution in [0.5, 0.6) is 0 Å². The van der Waals surface area contributed by atoms with Crippen LogP contribution in [0.4, 0.5) is 0 Å². The number of aliphatic hydroxyl groups excluding tert-OH is 1. The number of nitrogens with zero attached hydrogens (tertiary/aromatic N) is 2. The molecule has 0 aromatic carbocycles. The van der Waals surface area contributed by atoms with Crippen LogP contribution in [-0.4, -0.2) is 33.9 Å². The van der Waals surface area contributed by atoms with Gasteiger partial charge in [-0.2, -0.15) is 10.2 Å². The Labute approximate surface area is 107 Å². The largest absolute Gasteiger partial charge is 0.392 e. The van der Waals surface area contributed by atoms with Crippen LogP contribution < -0.4 is 5.32 Å². The molecule has 5 heteroatoms. The normalized spacial score (nSPS) is 27.8. The van der Waals surface area contributed by atoms with E-state index in [1.807, 2.05) is 6.92 Å². The Morgan fingerprint density at radius 2 is 2.39 bits per heavy atom. The van der Waals surface area contributed by atoms with Gasteiger partial charge < -0.3 is 10.4 Å². The number of carbonyl (C=O) groups excluding carboxylic acids is 1. The number of hydrogen-bond acceptors (Lipinski definition) is 4. The zero-order valence-corrected chi connectivity index (χ0v) is 10.6. The highest BCUT2D eigenvalue weighted by molar-refractivity contribution is 5.93. The molecule has 18 heavy (non-hydrogen) atoms. The van der Waals surface area contributed by atoms with Crippen molar-refractivity contribution in [1.82, 2.24) is 15.5 Å². The van der Waals surface area contributed by atoms with Crippen LogP contribution >= 0.6 is 0 Å². The molecule has 1 aromatic rings. The number of aromatic nitrogens is 2. The van der Waals surface area contributed by atoms with E-state index in [0.29, 0.717) is 12.1 Å². The van der Waals surface area contributed by atoms with Crippen molar-refractivity contribution in [3.05, 3.63) is 24.0 Å². The molecule has 1 fully saturated rings. The van der Waals surface area contributed by atoms with Crippen LogP contribution in [0.2, 0.25) is 0 Å². The first-order valence-electron chi connectivity index (χ1n) is 6.35. The summed E-state index contributed by atoms with van der Waals surface area (Å²) in [6, 6.07) is 1.63. The lowest BCUT2D eigenvalue weighted by atomic mass is 9.73. The van der Waals surface area contributed by atoms with Gasteiger partial charge in [-0.05, 0) is 18.9 Å². The van der Waals surface area contributed by atoms with Crippen molar-refractivity contribution in [2.45, 2.75) is 38.7 Å². The molecule has 1 saturated carbocycles. The van der Waals surface area contributed by atoms with Gasteiger partial charge in [0.1, 0.15) is 0 Å². The second-order valence-corrected chi connectivity index (χ2v) is 5.23. The lowest BCUT2D eigenvalue weighted by molar-refractivity contribution is 0.00190. The van der Waals surface area contributed by atoms with Crippen molar-refractivity contribution in [1.29, 1.82) is 0 Å². The molecule has 1 aromatic heterocycles. The van der Waals surface area contributed by atoms with Crippen molar-refractivity contribution in [2.75, 3.05) is 6.54 Å². The molecule has 0 aliphatic heterocycles. The van der Waals surface area contributed by atoms with Gasteiger partial charge in [-0.25, -0.2) is 0 Å². The summed E-state index contributed by atoms with van der Waals surface area (Å²) in [5.41, 5.74) is 0.285. The number of carbonyl (C=O) groups is 1. The highest BCUT2D eigenvalue weighted by atomic mass is 16.3. The molecule has 1 heterocycles. The molecule has 0 bridgehead atoms. The summed E-state index contributed by atoms with van der Waals surface area (Å²) in [5.74, 6) is -0.163. The summed E-state index contributed by atoms with van der Waals surface area (Å²) in [5, 5.41) is 20.2. The number of nitrogens with one attached hydrogen (secondary N) is 1. The smallest absolute Gasteiger partial charge is 0.252 e. The van der Waals surface area contributed by atoms with E-state index < -0.39 is 0 Å². The number of hydrogen-bond donors (Lipinski definition) is 2. The molecule has 1 amide bonds. The maximum atomic E-state index is 11.9. The minimum atomic E-state index is -0.331. The van der Waals surface area contributed by atoms with Crippen LogP contribution in [-0.2, 0) is 0 Å². The fraction of sp³-hybridized carbons (Fsp3) is 0.615. The van der Waals surface area contributed by atoms with E-state index in [0.717, 1.165) is 25.7 Å². The molecule has 2 atom stereocenters. The van der Waals surface area contributed by atoms with E-state index in [2.05, 4.69) is 15.5 Å². The van der Waals surface area contributed by atoms with Crippen LogP contribution in [0.1, 0.15) is 43.0 Å². The molecule has 1 aliphatic rings. The Bertz CT molecular complexity index is 410. The maximum absolute atomic E-state index is 11.9. The van der Waals surface area contributed by atoms with Gasteiger partial charge >= 0.3 is 0 Å². The van der Waals surface area contributed by atoms with Gasteiger partial charge in [0.15, 0.2) is 0 Å². The second-order valence-electron chi connectivity index (χ2n) is 5.23. The summed E-state index contributed by atoms with van der Waals surface area (Å²) in [7, 11) is 0. The van der Waals surface area contributed by atoms with Gasteiger partial charge in [0, 0.05) is 12.0 Å². The first-order valence-corrected chi connectivity index (χ1v) is 6.35. The molecule has 0 radical (unpaired) electrons. The zero-order valence-electron chi connectivity index (χ0n) is 10.6. The molecule has 2 unspecified atom stereocenters. The lowest BCUT2D eigenvalue weighted by Crippen LogP contribution is -2.45. The standard InChI is InChI=1S/C13H19N3O2/c1-13(6-3-2-4-11(13)17)9-14-12(18)10-5-7-15-16-8-10/h5,7-8,11,17H,2-4,6,9H2,1H3,(H,14,18). The van der Waals surface area contributed by atoms with Gasteiger partial charge in [-0.1, -0.05) is 19.8 Å². The van der Waals surface area contributed by atoms with E-state index in [9.17, 15) is 9.90 Å². The van der Waals surface area contributed by atoms with Gasteiger partial charge in [-0.15, -0.1) is 0 Å². The van der Waals surface area contributed by atoms with Crippen LogP contribution in [0.15, 0.2) is 18.5 Å². The van der Waals surface area contributed by atoms with E-state index >= 15 is 0 Å². The third-order valence-electron chi connectivity index (χ3n) is 3.78. The van der Waals surface area contributed by atoms with E-state index in [4.69, 9.17) is 0 Å². The zero-order chi connectivity index (χ0) is 13.0. The second kappa shape index (κ2) is 5.44. The Morgan fingerprint density at radius 3 is 3.06 bits per heavy atom. The topological polar surface area (TPSA) is 75.1 Å². The van der Waals surface area contributed by atoms with Gasteiger partial charge in [0.2, 0.25) is 0 Å². The molecule has 0 spiro atoms. The highest BCUT2D eigenvalue weighted by Crippen LogP contribution is 2.35. The Kier molecular flexibility index (Phi) is 3.91.